The van der Waals surface area contributed by atoms with Crippen molar-refractivity contribution in [3.8, 4) is 0 Å². The van der Waals surface area contributed by atoms with Crippen molar-refractivity contribution in [3.05, 3.63) is 58.3 Å². The summed E-state index contributed by atoms with van der Waals surface area (Å²) in [5, 5.41) is 11.1. The molecule has 1 aliphatic rings. The first-order valence-corrected chi connectivity index (χ1v) is 8.89. The number of rotatable bonds is 6. The number of hydrogen-bond donors (Lipinski definition) is 2. The van der Waals surface area contributed by atoms with Crippen LogP contribution in [0.1, 0.15) is 30.4 Å². The number of aliphatic imine (C=N–C) groups is 1. The number of nitrogens with zero attached hydrogens (tertiary/aromatic N) is 1. The predicted molar refractivity (Wildman–Crippen MR) is 110 cm³/mol. The van der Waals surface area contributed by atoms with Crippen molar-refractivity contribution in [3.63, 3.8) is 0 Å². The van der Waals surface area contributed by atoms with Crippen LogP contribution in [0.25, 0.3) is 0 Å². The molecule has 0 spiro atoms. The summed E-state index contributed by atoms with van der Waals surface area (Å²) in [6.07, 6.45) is 1.28. The monoisotopic (exact) mass is 441 g/mol. The zero-order valence-electron chi connectivity index (χ0n) is 13.4. The van der Waals surface area contributed by atoms with Gasteiger partial charge in [0.25, 0.3) is 0 Å². The van der Waals surface area contributed by atoms with Crippen molar-refractivity contribution in [2.45, 2.75) is 25.8 Å². The molecule has 2 unspecified atom stereocenters. The van der Waals surface area contributed by atoms with E-state index in [1.54, 1.807) is 11.3 Å². The molecule has 23 heavy (non-hydrogen) atoms. The fourth-order valence-corrected chi connectivity index (χ4v) is 3.36. The molecule has 3 rings (SSSR count). The molecule has 124 valence electrons. The van der Waals surface area contributed by atoms with Crippen molar-refractivity contribution in [2.24, 2.45) is 10.9 Å². The average molecular weight is 441 g/mol. The lowest BCUT2D eigenvalue weighted by Gasteiger charge is -2.11. The maximum atomic E-state index is 4.65. The van der Waals surface area contributed by atoms with Crippen LogP contribution in [-0.4, -0.2) is 19.0 Å². The molecule has 0 saturated heterocycles. The third kappa shape index (κ3) is 5.49. The molecule has 0 bridgehead atoms. The summed E-state index contributed by atoms with van der Waals surface area (Å²) in [5.74, 6) is 2.37. The summed E-state index contributed by atoms with van der Waals surface area (Å²) < 4.78 is 0. The minimum absolute atomic E-state index is 0. The molecule has 0 amide bonds. The molecule has 0 aliphatic heterocycles. The quantitative estimate of drug-likeness (QED) is 0.400. The predicted octanol–water partition coefficient (Wildman–Crippen LogP) is 4.22. The van der Waals surface area contributed by atoms with Crippen molar-refractivity contribution < 1.29 is 0 Å². The molecule has 1 heterocycles. The Kier molecular flexibility index (Phi) is 7.36. The molecule has 3 nitrogen and oxygen atoms in total. The Morgan fingerprint density at radius 3 is 2.74 bits per heavy atom. The van der Waals surface area contributed by atoms with Gasteiger partial charge in [0.1, 0.15) is 0 Å². The summed E-state index contributed by atoms with van der Waals surface area (Å²) in [4.78, 5) is 4.65. The van der Waals surface area contributed by atoms with Crippen molar-refractivity contribution in [2.75, 3.05) is 13.1 Å². The summed E-state index contributed by atoms with van der Waals surface area (Å²) in [6, 6.07) is 12.9. The number of halogens is 1. The second-order valence-electron chi connectivity index (χ2n) is 5.72. The molecule has 2 aromatic rings. The van der Waals surface area contributed by atoms with Crippen molar-refractivity contribution >= 4 is 41.3 Å². The van der Waals surface area contributed by atoms with E-state index in [2.05, 4.69) is 69.7 Å². The highest BCUT2D eigenvalue weighted by Gasteiger charge is 2.37. The molecular weight excluding hydrogens is 417 g/mol. The lowest BCUT2D eigenvalue weighted by Crippen LogP contribution is -2.38. The Hall–Kier alpha value is -1.08. The first-order chi connectivity index (χ1) is 10.9. The molecule has 1 aliphatic carbocycles. The minimum Gasteiger partial charge on any atom is -0.357 e. The first-order valence-electron chi connectivity index (χ1n) is 7.95. The van der Waals surface area contributed by atoms with E-state index in [0.717, 1.165) is 31.5 Å². The van der Waals surface area contributed by atoms with Crippen LogP contribution in [0.4, 0.5) is 0 Å². The topological polar surface area (TPSA) is 36.4 Å². The first kappa shape index (κ1) is 18.3. The summed E-state index contributed by atoms with van der Waals surface area (Å²) in [6.45, 7) is 4.73. The van der Waals surface area contributed by atoms with Crippen molar-refractivity contribution in [1.29, 1.82) is 0 Å². The van der Waals surface area contributed by atoms with Gasteiger partial charge < -0.3 is 10.6 Å². The summed E-state index contributed by atoms with van der Waals surface area (Å²) >= 11 is 1.72. The van der Waals surface area contributed by atoms with Gasteiger partial charge in [0, 0.05) is 13.1 Å². The van der Waals surface area contributed by atoms with Crippen LogP contribution in [0.5, 0.6) is 0 Å². The number of guanidine groups is 1. The normalized spacial score (nSPS) is 19.8. The zero-order valence-corrected chi connectivity index (χ0v) is 16.5. The fourth-order valence-electron chi connectivity index (χ4n) is 2.70. The molecule has 2 atom stereocenters. The van der Waals surface area contributed by atoms with Gasteiger partial charge in [-0.15, -0.1) is 24.0 Å². The number of nitrogens with one attached hydrogen (secondary N) is 2. The minimum atomic E-state index is 0. The highest BCUT2D eigenvalue weighted by molar-refractivity contribution is 14.0. The highest BCUT2D eigenvalue weighted by Crippen LogP contribution is 2.46. The van der Waals surface area contributed by atoms with Crippen LogP contribution in [0.15, 0.2) is 52.2 Å². The van der Waals surface area contributed by atoms with E-state index in [1.807, 2.05) is 0 Å². The molecule has 2 N–H and O–H groups in total. The SMILES string of the molecule is CCNC(=NCc1ccsc1)NCC1CC1c1ccccc1.I. The Morgan fingerprint density at radius 2 is 2.04 bits per heavy atom. The maximum absolute atomic E-state index is 4.65. The zero-order chi connectivity index (χ0) is 15.2. The van der Waals surface area contributed by atoms with Gasteiger partial charge in [-0.05, 0) is 53.1 Å². The third-order valence-corrected chi connectivity index (χ3v) is 4.76. The van der Waals surface area contributed by atoms with E-state index in [9.17, 15) is 0 Å². The van der Waals surface area contributed by atoms with Gasteiger partial charge in [0.2, 0.25) is 0 Å². The van der Waals surface area contributed by atoms with Gasteiger partial charge in [-0.3, -0.25) is 0 Å². The maximum Gasteiger partial charge on any atom is 0.191 e. The van der Waals surface area contributed by atoms with Gasteiger partial charge in [-0.1, -0.05) is 30.3 Å². The molecule has 1 saturated carbocycles. The lowest BCUT2D eigenvalue weighted by atomic mass is 10.1. The van der Waals surface area contributed by atoms with E-state index >= 15 is 0 Å². The number of thiophene rings is 1. The van der Waals surface area contributed by atoms with Gasteiger partial charge in [0.05, 0.1) is 6.54 Å². The van der Waals surface area contributed by atoms with E-state index in [1.165, 1.54) is 17.5 Å². The van der Waals surface area contributed by atoms with Crippen LogP contribution in [0.2, 0.25) is 0 Å². The fraction of sp³-hybridized carbons (Fsp3) is 0.389. The molecule has 5 heteroatoms. The van der Waals surface area contributed by atoms with E-state index < -0.39 is 0 Å². The summed E-state index contributed by atoms with van der Waals surface area (Å²) in [7, 11) is 0. The molecular formula is C18H24IN3S. The number of benzene rings is 1. The lowest BCUT2D eigenvalue weighted by molar-refractivity contribution is 0.720. The Labute approximate surface area is 159 Å². The van der Waals surface area contributed by atoms with Crippen molar-refractivity contribution in [1.82, 2.24) is 10.6 Å². The van der Waals surface area contributed by atoms with Gasteiger partial charge in [0.15, 0.2) is 5.96 Å². The molecule has 1 fully saturated rings. The Bertz CT molecular complexity index is 598. The molecule has 1 aromatic carbocycles. The van der Waals surface area contributed by atoms with E-state index in [4.69, 9.17) is 0 Å². The molecule has 0 radical (unpaired) electrons. The van der Waals surface area contributed by atoms with Gasteiger partial charge in [-0.2, -0.15) is 11.3 Å². The Balaban J connectivity index is 0.00000192. The average Bonchev–Trinajstić information content (AvgIpc) is 3.15. The standard InChI is InChI=1S/C18H23N3S.HI/c1-2-19-18(20-11-14-8-9-22-13-14)21-12-16-10-17(16)15-6-4-3-5-7-15;/h3-9,13,16-17H,2,10-12H2,1H3,(H2,19,20,21);1H. The van der Waals surface area contributed by atoms with Crippen LogP contribution in [0.3, 0.4) is 0 Å². The van der Waals surface area contributed by atoms with Gasteiger partial charge in [-0.25, -0.2) is 4.99 Å². The second-order valence-corrected chi connectivity index (χ2v) is 6.50. The van der Waals surface area contributed by atoms with Crippen LogP contribution in [-0.2, 0) is 6.54 Å². The third-order valence-electron chi connectivity index (χ3n) is 4.03. The highest BCUT2D eigenvalue weighted by atomic mass is 127. The summed E-state index contributed by atoms with van der Waals surface area (Å²) in [5.41, 5.74) is 2.74. The molecule has 1 aromatic heterocycles. The van der Waals surface area contributed by atoms with Gasteiger partial charge >= 0.3 is 0 Å². The van der Waals surface area contributed by atoms with Crippen LogP contribution >= 0.6 is 35.3 Å². The van der Waals surface area contributed by atoms with E-state index in [-0.39, 0.29) is 24.0 Å². The van der Waals surface area contributed by atoms with Crippen LogP contribution in [0, 0.1) is 5.92 Å². The smallest absolute Gasteiger partial charge is 0.191 e. The Morgan fingerprint density at radius 1 is 1.22 bits per heavy atom. The van der Waals surface area contributed by atoms with E-state index in [0.29, 0.717) is 5.92 Å². The largest absolute Gasteiger partial charge is 0.357 e. The number of hydrogen-bond acceptors (Lipinski definition) is 2. The second kappa shape index (κ2) is 9.27. The van der Waals surface area contributed by atoms with Crippen LogP contribution < -0.4 is 10.6 Å².